The fourth-order valence-corrected chi connectivity index (χ4v) is 2.63. The zero-order valence-electron chi connectivity index (χ0n) is 10.7. The van der Waals surface area contributed by atoms with Crippen LogP contribution in [0.25, 0.3) is 0 Å². The molecule has 1 aromatic carbocycles. The number of fused-ring (bicyclic) bond motifs is 1. The van der Waals surface area contributed by atoms with Crippen LogP contribution in [0.2, 0.25) is 0 Å². The molecule has 1 aromatic heterocycles. The molecule has 1 aliphatic heterocycles. The lowest BCUT2D eigenvalue weighted by molar-refractivity contribution is -0.128. The number of rotatable bonds is 2. The molecular formula is C15H13BrN2O2. The van der Waals surface area contributed by atoms with Crippen LogP contribution in [-0.4, -0.2) is 17.5 Å². The van der Waals surface area contributed by atoms with Crippen LogP contribution in [0.1, 0.15) is 17.2 Å². The normalized spacial score (nSPS) is 17.4. The van der Waals surface area contributed by atoms with Crippen LogP contribution in [-0.2, 0) is 16.0 Å². The number of nitrogens with zero attached hydrogens (tertiary/aromatic N) is 1. The van der Waals surface area contributed by atoms with Gasteiger partial charge in [-0.25, -0.2) is 4.98 Å². The van der Waals surface area contributed by atoms with Crippen molar-refractivity contribution in [2.75, 3.05) is 11.9 Å². The molecule has 0 aliphatic carbocycles. The van der Waals surface area contributed by atoms with Crippen LogP contribution in [0.4, 0.5) is 5.82 Å². The molecule has 0 spiro atoms. The number of ether oxygens (including phenoxy) is 1. The third-order valence-corrected chi connectivity index (χ3v) is 3.87. The van der Waals surface area contributed by atoms with E-state index in [0.29, 0.717) is 12.4 Å². The third kappa shape index (κ3) is 2.59. The van der Waals surface area contributed by atoms with Gasteiger partial charge in [0.2, 0.25) is 0 Å². The molecule has 1 aliphatic rings. The molecule has 20 heavy (non-hydrogen) atoms. The van der Waals surface area contributed by atoms with Crippen LogP contribution < -0.4 is 5.32 Å². The molecule has 5 heteroatoms. The van der Waals surface area contributed by atoms with E-state index in [1.165, 1.54) is 5.56 Å². The Bertz CT molecular complexity index is 645. The molecule has 3 rings (SSSR count). The van der Waals surface area contributed by atoms with Crippen LogP contribution in [0.5, 0.6) is 0 Å². The molecule has 0 bridgehead atoms. The van der Waals surface area contributed by atoms with E-state index in [4.69, 9.17) is 4.74 Å². The van der Waals surface area contributed by atoms with Crippen molar-refractivity contribution >= 4 is 27.7 Å². The molecule has 0 radical (unpaired) electrons. The van der Waals surface area contributed by atoms with Crippen molar-refractivity contribution in [1.82, 2.24) is 4.98 Å². The number of amides is 1. The summed E-state index contributed by atoms with van der Waals surface area (Å²) < 4.78 is 6.37. The summed E-state index contributed by atoms with van der Waals surface area (Å²) in [6.45, 7) is 0.554. The van der Waals surface area contributed by atoms with Crippen LogP contribution in [0.15, 0.2) is 47.1 Å². The minimum Gasteiger partial charge on any atom is -0.363 e. The molecule has 2 aromatic rings. The first kappa shape index (κ1) is 13.3. The number of anilines is 1. The summed E-state index contributed by atoms with van der Waals surface area (Å²) in [5.41, 5.74) is 2.10. The lowest BCUT2D eigenvalue weighted by atomic mass is 9.97. The van der Waals surface area contributed by atoms with E-state index in [-0.39, 0.29) is 5.91 Å². The maximum atomic E-state index is 12.4. The van der Waals surface area contributed by atoms with Gasteiger partial charge in [0.05, 0.1) is 11.1 Å². The Balaban J connectivity index is 1.84. The summed E-state index contributed by atoms with van der Waals surface area (Å²) >= 11 is 3.36. The van der Waals surface area contributed by atoms with Gasteiger partial charge in [-0.3, -0.25) is 4.79 Å². The molecule has 0 saturated heterocycles. The molecule has 102 valence electrons. The maximum Gasteiger partial charge on any atom is 0.259 e. The third-order valence-electron chi connectivity index (χ3n) is 3.23. The van der Waals surface area contributed by atoms with Gasteiger partial charge in [-0.15, -0.1) is 0 Å². The average molecular weight is 333 g/mol. The molecule has 1 unspecified atom stereocenters. The molecular weight excluding hydrogens is 320 g/mol. The first-order valence-corrected chi connectivity index (χ1v) is 7.16. The van der Waals surface area contributed by atoms with Gasteiger partial charge in [0.25, 0.3) is 5.91 Å². The van der Waals surface area contributed by atoms with Crippen LogP contribution in [0.3, 0.4) is 0 Å². The number of aromatic nitrogens is 1. The fourth-order valence-electron chi connectivity index (χ4n) is 2.27. The quantitative estimate of drug-likeness (QED) is 0.919. The smallest absolute Gasteiger partial charge is 0.259 e. The van der Waals surface area contributed by atoms with E-state index in [0.717, 1.165) is 16.5 Å². The van der Waals surface area contributed by atoms with Gasteiger partial charge in [0.15, 0.2) is 6.10 Å². The monoisotopic (exact) mass is 332 g/mol. The Labute approximate surface area is 125 Å². The maximum absolute atomic E-state index is 12.4. The Morgan fingerprint density at radius 3 is 3.00 bits per heavy atom. The standard InChI is InChI=1S/C15H13BrN2O2/c16-12-6-3-8-17-14(12)18-15(19)13-11-5-2-1-4-10(11)7-9-20-13/h1-6,8,13H,7,9H2,(H,17,18,19). The summed E-state index contributed by atoms with van der Waals surface area (Å²) in [6, 6.07) is 11.5. The number of benzene rings is 1. The molecule has 2 heterocycles. The van der Waals surface area contributed by atoms with E-state index in [2.05, 4.69) is 26.2 Å². The Morgan fingerprint density at radius 2 is 2.15 bits per heavy atom. The molecule has 0 fully saturated rings. The first-order chi connectivity index (χ1) is 9.75. The van der Waals surface area contributed by atoms with Gasteiger partial charge in [0.1, 0.15) is 5.82 Å². The highest BCUT2D eigenvalue weighted by molar-refractivity contribution is 9.10. The largest absolute Gasteiger partial charge is 0.363 e. The number of nitrogens with one attached hydrogen (secondary N) is 1. The highest BCUT2D eigenvalue weighted by atomic mass is 79.9. The van der Waals surface area contributed by atoms with Crippen molar-refractivity contribution < 1.29 is 9.53 Å². The van der Waals surface area contributed by atoms with Crippen molar-refractivity contribution in [1.29, 1.82) is 0 Å². The Kier molecular flexibility index (Phi) is 3.80. The Hall–Kier alpha value is -1.72. The number of hydrogen-bond acceptors (Lipinski definition) is 3. The lowest BCUT2D eigenvalue weighted by Gasteiger charge is -2.25. The second-order valence-corrected chi connectivity index (χ2v) is 5.38. The number of halogens is 1. The van der Waals surface area contributed by atoms with Crippen molar-refractivity contribution in [3.63, 3.8) is 0 Å². The predicted molar refractivity (Wildman–Crippen MR) is 79.4 cm³/mol. The summed E-state index contributed by atoms with van der Waals surface area (Å²) in [5, 5.41) is 2.80. The van der Waals surface area contributed by atoms with Crippen LogP contribution >= 0.6 is 15.9 Å². The van der Waals surface area contributed by atoms with E-state index in [1.807, 2.05) is 30.3 Å². The summed E-state index contributed by atoms with van der Waals surface area (Å²) in [6.07, 6.45) is 1.90. The molecule has 4 nitrogen and oxygen atoms in total. The lowest BCUT2D eigenvalue weighted by Crippen LogP contribution is -2.28. The number of carbonyl (C=O) groups is 1. The van der Waals surface area contributed by atoms with Crippen molar-refractivity contribution in [2.45, 2.75) is 12.5 Å². The van der Waals surface area contributed by atoms with Crippen molar-refractivity contribution in [3.05, 3.63) is 58.2 Å². The van der Waals surface area contributed by atoms with Crippen molar-refractivity contribution in [3.8, 4) is 0 Å². The predicted octanol–water partition coefficient (Wildman–Crippen LogP) is 3.10. The number of hydrogen-bond donors (Lipinski definition) is 1. The zero-order valence-corrected chi connectivity index (χ0v) is 12.3. The summed E-state index contributed by atoms with van der Waals surface area (Å²) in [5.74, 6) is 0.306. The van der Waals surface area contributed by atoms with Gasteiger partial charge in [-0.2, -0.15) is 0 Å². The number of pyridine rings is 1. The highest BCUT2D eigenvalue weighted by Crippen LogP contribution is 2.28. The molecule has 1 atom stereocenters. The molecule has 0 saturated carbocycles. The van der Waals surface area contributed by atoms with Crippen LogP contribution in [0, 0.1) is 0 Å². The SMILES string of the molecule is O=C(Nc1ncccc1Br)C1OCCc2ccccc21. The molecule has 1 amide bonds. The summed E-state index contributed by atoms with van der Waals surface area (Å²) in [4.78, 5) is 16.5. The minimum atomic E-state index is -0.575. The van der Waals surface area contributed by atoms with E-state index < -0.39 is 6.10 Å². The fraction of sp³-hybridized carbons (Fsp3) is 0.200. The topological polar surface area (TPSA) is 51.2 Å². The van der Waals surface area contributed by atoms with E-state index in [1.54, 1.807) is 12.3 Å². The van der Waals surface area contributed by atoms with Gasteiger partial charge in [0, 0.05) is 6.20 Å². The average Bonchev–Trinajstić information content (AvgIpc) is 2.49. The number of carbonyl (C=O) groups excluding carboxylic acids is 1. The second kappa shape index (κ2) is 5.73. The van der Waals surface area contributed by atoms with Gasteiger partial charge in [-0.1, -0.05) is 24.3 Å². The second-order valence-electron chi connectivity index (χ2n) is 4.52. The van der Waals surface area contributed by atoms with Gasteiger partial charge >= 0.3 is 0 Å². The Morgan fingerprint density at radius 1 is 1.30 bits per heavy atom. The minimum absolute atomic E-state index is 0.198. The first-order valence-electron chi connectivity index (χ1n) is 6.36. The van der Waals surface area contributed by atoms with Crippen molar-refractivity contribution in [2.24, 2.45) is 0 Å². The van der Waals surface area contributed by atoms with Gasteiger partial charge < -0.3 is 10.1 Å². The summed E-state index contributed by atoms with van der Waals surface area (Å²) in [7, 11) is 0. The van der Waals surface area contributed by atoms with Gasteiger partial charge in [-0.05, 0) is 45.6 Å². The zero-order chi connectivity index (χ0) is 13.9. The van der Waals surface area contributed by atoms with E-state index >= 15 is 0 Å². The molecule has 1 N–H and O–H groups in total. The van der Waals surface area contributed by atoms with E-state index in [9.17, 15) is 4.79 Å². The highest BCUT2D eigenvalue weighted by Gasteiger charge is 2.27.